The third kappa shape index (κ3) is 2.48. The Labute approximate surface area is 154 Å². The van der Waals surface area contributed by atoms with Gasteiger partial charge in [-0.1, -0.05) is 12.1 Å². The van der Waals surface area contributed by atoms with Gasteiger partial charge in [0, 0.05) is 6.92 Å². The minimum atomic E-state index is -1.14. The van der Waals surface area contributed by atoms with Crippen molar-refractivity contribution >= 4 is 29.4 Å². The van der Waals surface area contributed by atoms with Gasteiger partial charge in [0.1, 0.15) is 12.2 Å². The summed E-state index contributed by atoms with van der Waals surface area (Å²) in [6.45, 7) is 1.14. The van der Waals surface area contributed by atoms with Gasteiger partial charge in [0.15, 0.2) is 0 Å². The minimum absolute atomic E-state index is 0.133. The Morgan fingerprint density at radius 2 is 2.04 bits per heavy atom. The summed E-state index contributed by atoms with van der Waals surface area (Å²) in [7, 11) is 1.25. The molecule has 0 aliphatic carbocycles. The molecule has 0 spiro atoms. The van der Waals surface area contributed by atoms with Crippen LogP contribution in [0.15, 0.2) is 36.4 Å². The molecule has 2 saturated heterocycles. The van der Waals surface area contributed by atoms with Crippen LogP contribution in [0.1, 0.15) is 17.3 Å². The first-order chi connectivity index (χ1) is 12.9. The fourth-order valence-electron chi connectivity index (χ4n) is 4.03. The Morgan fingerprint density at radius 1 is 1.26 bits per heavy atom. The normalized spacial score (nSPS) is 30.6. The first-order valence-electron chi connectivity index (χ1n) is 8.45. The van der Waals surface area contributed by atoms with Crippen molar-refractivity contribution in [1.29, 1.82) is 0 Å². The maximum atomic E-state index is 13.1. The molecule has 140 valence electrons. The lowest BCUT2D eigenvalue weighted by Gasteiger charge is -2.28. The Morgan fingerprint density at radius 3 is 2.74 bits per heavy atom. The summed E-state index contributed by atoms with van der Waals surface area (Å²) in [5, 5.41) is 0. The zero-order valence-corrected chi connectivity index (χ0v) is 14.7. The van der Waals surface area contributed by atoms with E-state index in [-0.39, 0.29) is 12.2 Å². The third-order valence-corrected chi connectivity index (χ3v) is 5.18. The summed E-state index contributed by atoms with van der Waals surface area (Å²) in [6.07, 6.45) is 2.88. The first-order valence-corrected chi connectivity index (χ1v) is 8.45. The lowest BCUT2D eigenvalue weighted by atomic mass is 9.77. The molecular formula is C19H17NO7. The lowest BCUT2D eigenvalue weighted by Crippen LogP contribution is -2.44. The highest BCUT2D eigenvalue weighted by atomic mass is 16.6. The molecule has 1 aromatic rings. The molecule has 1 aromatic carbocycles. The second-order valence-corrected chi connectivity index (χ2v) is 6.73. The van der Waals surface area contributed by atoms with Crippen molar-refractivity contribution in [3.8, 4) is 0 Å². The van der Waals surface area contributed by atoms with E-state index in [1.54, 1.807) is 24.3 Å². The Hall–Kier alpha value is -3.00. The summed E-state index contributed by atoms with van der Waals surface area (Å²) in [5.74, 6) is -3.35. The standard InChI is InChI=1S/C19H17NO7/c1-10(21)26-9-19-7-6-13(27-19)14-15(19)17(23)20(16(14)22)12-5-3-4-11(8-12)18(24)25-2/h3-8,13-15H,9H2,1-2H3/t13-,14+,15+,19+/m1/s1. The van der Waals surface area contributed by atoms with Crippen molar-refractivity contribution < 1.29 is 33.4 Å². The monoisotopic (exact) mass is 371 g/mol. The summed E-state index contributed by atoms with van der Waals surface area (Å²) < 4.78 is 15.6. The van der Waals surface area contributed by atoms with Gasteiger partial charge in [0.25, 0.3) is 0 Å². The van der Waals surface area contributed by atoms with Crippen LogP contribution in [0.2, 0.25) is 0 Å². The predicted octanol–water partition coefficient (Wildman–Crippen LogP) is 0.849. The van der Waals surface area contributed by atoms with Crippen LogP contribution < -0.4 is 4.90 Å². The summed E-state index contributed by atoms with van der Waals surface area (Å²) in [6, 6.07) is 6.14. The molecule has 0 N–H and O–H groups in total. The van der Waals surface area contributed by atoms with E-state index in [4.69, 9.17) is 14.2 Å². The Kier molecular flexibility index (Phi) is 3.88. The molecule has 4 rings (SSSR count). The Bertz CT molecular complexity index is 892. The molecule has 0 aromatic heterocycles. The molecule has 3 aliphatic rings. The number of hydrogen-bond acceptors (Lipinski definition) is 7. The van der Waals surface area contributed by atoms with Crippen LogP contribution in [-0.4, -0.2) is 49.2 Å². The zero-order chi connectivity index (χ0) is 19.3. The number of nitrogens with zero attached hydrogens (tertiary/aromatic N) is 1. The predicted molar refractivity (Wildman–Crippen MR) is 90.6 cm³/mol. The van der Waals surface area contributed by atoms with Gasteiger partial charge in [-0.3, -0.25) is 14.4 Å². The molecule has 8 heteroatoms. The maximum absolute atomic E-state index is 13.1. The summed E-state index contributed by atoms with van der Waals surface area (Å²) in [5.41, 5.74) is -0.605. The highest BCUT2D eigenvalue weighted by Crippen LogP contribution is 2.52. The van der Waals surface area contributed by atoms with Crippen molar-refractivity contribution in [2.24, 2.45) is 11.8 Å². The van der Waals surface area contributed by atoms with Gasteiger partial charge in [-0.05, 0) is 24.3 Å². The van der Waals surface area contributed by atoms with Crippen LogP contribution in [-0.2, 0) is 28.6 Å². The van der Waals surface area contributed by atoms with Crippen molar-refractivity contribution in [3.63, 3.8) is 0 Å². The number of ether oxygens (including phenoxy) is 3. The molecule has 0 radical (unpaired) electrons. The van der Waals surface area contributed by atoms with Gasteiger partial charge in [-0.2, -0.15) is 0 Å². The number of carbonyl (C=O) groups is 4. The average molecular weight is 371 g/mol. The average Bonchev–Trinajstić information content (AvgIpc) is 3.30. The molecule has 3 aliphatic heterocycles. The fraction of sp³-hybridized carbons (Fsp3) is 0.368. The van der Waals surface area contributed by atoms with Crippen LogP contribution >= 0.6 is 0 Å². The summed E-state index contributed by atoms with van der Waals surface area (Å²) >= 11 is 0. The molecule has 8 nitrogen and oxygen atoms in total. The largest absolute Gasteiger partial charge is 0.465 e. The zero-order valence-electron chi connectivity index (χ0n) is 14.7. The van der Waals surface area contributed by atoms with E-state index < -0.39 is 47.3 Å². The van der Waals surface area contributed by atoms with E-state index in [2.05, 4.69) is 0 Å². The van der Waals surface area contributed by atoms with Gasteiger partial charge in [0.2, 0.25) is 11.8 Å². The van der Waals surface area contributed by atoms with Gasteiger partial charge >= 0.3 is 11.9 Å². The molecule has 2 amide bonds. The number of rotatable bonds is 4. The highest BCUT2D eigenvalue weighted by Gasteiger charge is 2.68. The molecule has 2 bridgehead atoms. The molecule has 4 atom stereocenters. The van der Waals surface area contributed by atoms with E-state index in [0.717, 1.165) is 4.90 Å². The van der Waals surface area contributed by atoms with Crippen LogP contribution in [0.25, 0.3) is 0 Å². The number of hydrogen-bond donors (Lipinski definition) is 0. The minimum Gasteiger partial charge on any atom is -0.465 e. The highest BCUT2D eigenvalue weighted by molar-refractivity contribution is 6.23. The van der Waals surface area contributed by atoms with Crippen LogP contribution in [0.4, 0.5) is 5.69 Å². The molecular weight excluding hydrogens is 354 g/mol. The molecule has 0 unspecified atom stereocenters. The SMILES string of the molecule is COC(=O)c1cccc(N2C(=O)[C@@H]3[C@@H](C2=O)[C@@]2(COC(C)=O)C=C[C@H]3O2)c1. The summed E-state index contributed by atoms with van der Waals surface area (Å²) in [4.78, 5) is 50.2. The van der Waals surface area contributed by atoms with E-state index >= 15 is 0 Å². The molecule has 27 heavy (non-hydrogen) atoms. The van der Waals surface area contributed by atoms with Crippen molar-refractivity contribution in [2.75, 3.05) is 18.6 Å². The quantitative estimate of drug-likeness (QED) is 0.439. The Balaban J connectivity index is 1.68. The third-order valence-electron chi connectivity index (χ3n) is 5.18. The number of fused-ring (bicyclic) bond motifs is 5. The van der Waals surface area contributed by atoms with E-state index in [1.807, 2.05) is 0 Å². The smallest absolute Gasteiger partial charge is 0.337 e. The van der Waals surface area contributed by atoms with Crippen molar-refractivity contribution in [1.82, 2.24) is 0 Å². The number of methoxy groups -OCH3 is 1. The van der Waals surface area contributed by atoms with Gasteiger partial charge in [0.05, 0.1) is 36.3 Å². The van der Waals surface area contributed by atoms with Gasteiger partial charge < -0.3 is 14.2 Å². The van der Waals surface area contributed by atoms with Crippen LogP contribution in [0.5, 0.6) is 0 Å². The number of imide groups is 1. The van der Waals surface area contributed by atoms with Gasteiger partial charge in [-0.15, -0.1) is 0 Å². The second-order valence-electron chi connectivity index (χ2n) is 6.73. The van der Waals surface area contributed by atoms with Crippen molar-refractivity contribution in [2.45, 2.75) is 18.6 Å². The number of esters is 2. The molecule has 3 heterocycles. The number of carbonyl (C=O) groups excluding carboxylic acids is 4. The topological polar surface area (TPSA) is 99.2 Å². The van der Waals surface area contributed by atoms with Crippen molar-refractivity contribution in [3.05, 3.63) is 42.0 Å². The molecule has 0 saturated carbocycles. The van der Waals surface area contributed by atoms with E-state index in [9.17, 15) is 19.2 Å². The van der Waals surface area contributed by atoms with E-state index in [1.165, 1.54) is 26.2 Å². The first kappa shape index (κ1) is 17.4. The molecule has 2 fully saturated rings. The number of amides is 2. The van der Waals surface area contributed by atoms with Crippen LogP contribution in [0, 0.1) is 11.8 Å². The van der Waals surface area contributed by atoms with Crippen LogP contribution in [0.3, 0.4) is 0 Å². The van der Waals surface area contributed by atoms with Gasteiger partial charge in [-0.25, -0.2) is 9.69 Å². The lowest BCUT2D eigenvalue weighted by molar-refractivity contribution is -0.150. The maximum Gasteiger partial charge on any atom is 0.337 e. The fourth-order valence-corrected chi connectivity index (χ4v) is 4.03. The second kappa shape index (κ2) is 6.02. The van der Waals surface area contributed by atoms with E-state index in [0.29, 0.717) is 5.69 Å². The number of benzene rings is 1. The number of anilines is 1.